The van der Waals surface area contributed by atoms with Crippen LogP contribution in [-0.4, -0.2) is 34.9 Å². The first-order chi connectivity index (χ1) is 35.7. The minimum atomic E-state index is -0.658. The van der Waals surface area contributed by atoms with E-state index in [-0.39, 0.29) is 12.5 Å². The van der Waals surface area contributed by atoms with Gasteiger partial charge in [-0.15, -0.1) is 0 Å². The van der Waals surface area contributed by atoms with Crippen LogP contribution in [0, 0.1) is 0 Å². The molecule has 0 fully saturated rings. The van der Waals surface area contributed by atoms with E-state index < -0.39 is 12.1 Å². The van der Waals surface area contributed by atoms with Crippen molar-refractivity contribution in [3.8, 4) is 0 Å². The number of rotatable bonds is 62. The number of unbranched alkanes of at least 4 members (excludes halogenated alkanes) is 49. The minimum absolute atomic E-state index is 0.0230. The number of carbonyl (C=O) groups is 1. The molecule has 0 spiro atoms. The highest BCUT2D eigenvalue weighted by molar-refractivity contribution is 5.76. The number of nitrogens with one attached hydrogen (secondary N) is 1. The van der Waals surface area contributed by atoms with E-state index >= 15 is 0 Å². The molecule has 0 heterocycles. The van der Waals surface area contributed by atoms with Gasteiger partial charge in [0.2, 0.25) is 5.91 Å². The van der Waals surface area contributed by atoms with Crippen LogP contribution in [0.4, 0.5) is 0 Å². The quantitative estimate of drug-likeness (QED) is 0.0420. The van der Waals surface area contributed by atoms with E-state index in [0.29, 0.717) is 12.8 Å². The van der Waals surface area contributed by atoms with Gasteiger partial charge in [0.15, 0.2) is 0 Å². The van der Waals surface area contributed by atoms with Crippen molar-refractivity contribution in [2.75, 3.05) is 6.61 Å². The highest BCUT2D eigenvalue weighted by Crippen LogP contribution is 2.19. The molecule has 0 aliphatic heterocycles. The van der Waals surface area contributed by atoms with Gasteiger partial charge in [-0.05, 0) is 51.4 Å². The fraction of sp³-hybridized carbons (Fsp3) is 0.897. The van der Waals surface area contributed by atoms with Crippen LogP contribution in [0.2, 0.25) is 0 Å². The van der Waals surface area contributed by atoms with Crippen molar-refractivity contribution < 1.29 is 15.0 Å². The molecule has 0 aromatic heterocycles. The van der Waals surface area contributed by atoms with E-state index in [9.17, 15) is 15.0 Å². The lowest BCUT2D eigenvalue weighted by Gasteiger charge is -2.22. The van der Waals surface area contributed by atoms with Crippen LogP contribution in [0.1, 0.15) is 373 Å². The van der Waals surface area contributed by atoms with Gasteiger partial charge in [0.25, 0.3) is 0 Å². The van der Waals surface area contributed by atoms with Gasteiger partial charge < -0.3 is 15.5 Å². The standard InChI is InChI=1S/C68H131NO3/c1-3-5-7-9-11-13-15-17-19-21-23-25-26-27-28-29-30-31-32-33-34-35-36-37-38-39-40-41-42-44-46-48-50-52-54-56-58-60-62-64-68(72)69-66(65-70)67(71)63-61-59-57-55-53-51-49-47-45-43-24-22-20-18-16-14-12-10-8-6-4-2/h15,17,21,23,26-27,66-67,70-71H,3-14,16,18-20,22,24-25,28-65H2,1-2H3,(H,69,72)/b17-15-,23-21-,27-26-. The summed E-state index contributed by atoms with van der Waals surface area (Å²) in [4.78, 5) is 12.5. The highest BCUT2D eigenvalue weighted by atomic mass is 16.3. The van der Waals surface area contributed by atoms with E-state index in [1.165, 1.54) is 308 Å². The molecule has 3 N–H and O–H groups in total. The van der Waals surface area contributed by atoms with Gasteiger partial charge in [-0.2, -0.15) is 0 Å². The molecule has 0 rings (SSSR count). The van der Waals surface area contributed by atoms with Gasteiger partial charge in [-0.1, -0.05) is 352 Å². The zero-order valence-electron chi connectivity index (χ0n) is 49.2. The first-order valence-corrected chi connectivity index (χ1v) is 33.2. The molecule has 0 saturated carbocycles. The number of amides is 1. The molecule has 4 nitrogen and oxygen atoms in total. The predicted octanol–water partition coefficient (Wildman–Crippen LogP) is 22.4. The monoisotopic (exact) mass is 1010 g/mol. The Balaban J connectivity index is 3.38. The Hall–Kier alpha value is -1.39. The second-order valence-corrected chi connectivity index (χ2v) is 22.9. The van der Waals surface area contributed by atoms with Gasteiger partial charge in [0, 0.05) is 6.42 Å². The molecule has 2 unspecified atom stereocenters. The van der Waals surface area contributed by atoms with Crippen molar-refractivity contribution in [1.29, 1.82) is 0 Å². The smallest absolute Gasteiger partial charge is 0.220 e. The molecule has 0 aromatic rings. The molecule has 0 bridgehead atoms. The van der Waals surface area contributed by atoms with Crippen LogP contribution in [0.15, 0.2) is 36.5 Å². The number of carbonyl (C=O) groups excluding carboxylic acids is 1. The molecule has 0 radical (unpaired) electrons. The normalized spacial score (nSPS) is 12.9. The van der Waals surface area contributed by atoms with E-state index in [0.717, 1.165) is 38.5 Å². The largest absolute Gasteiger partial charge is 0.394 e. The second-order valence-electron chi connectivity index (χ2n) is 22.9. The molecule has 72 heavy (non-hydrogen) atoms. The van der Waals surface area contributed by atoms with Crippen molar-refractivity contribution in [2.24, 2.45) is 0 Å². The van der Waals surface area contributed by atoms with Crippen molar-refractivity contribution in [3.63, 3.8) is 0 Å². The van der Waals surface area contributed by atoms with E-state index in [2.05, 4.69) is 55.6 Å². The second kappa shape index (κ2) is 63.9. The summed E-state index contributed by atoms with van der Waals surface area (Å²) in [6.45, 7) is 4.39. The van der Waals surface area contributed by atoms with Crippen LogP contribution in [0.5, 0.6) is 0 Å². The van der Waals surface area contributed by atoms with Crippen molar-refractivity contribution in [1.82, 2.24) is 5.32 Å². The zero-order valence-corrected chi connectivity index (χ0v) is 49.2. The molecule has 0 aromatic carbocycles. The average Bonchev–Trinajstić information content (AvgIpc) is 3.39. The van der Waals surface area contributed by atoms with E-state index in [4.69, 9.17) is 0 Å². The third kappa shape index (κ3) is 59.5. The molecule has 0 saturated heterocycles. The summed E-state index contributed by atoms with van der Waals surface area (Å²) in [5.41, 5.74) is 0. The van der Waals surface area contributed by atoms with Crippen LogP contribution in [0.3, 0.4) is 0 Å². The Morgan fingerprint density at radius 3 is 0.847 bits per heavy atom. The SMILES string of the molecule is CCCCCCC/C=C\C/C=C\C/C=C\CCCCCCCCCCCCCCCCCCCCCCCCCCC(=O)NC(CO)C(O)CCCCCCCCCCCCCCCCCCCCCCC. The lowest BCUT2D eigenvalue weighted by Crippen LogP contribution is -2.45. The molecule has 0 aliphatic carbocycles. The van der Waals surface area contributed by atoms with Crippen LogP contribution in [-0.2, 0) is 4.79 Å². The van der Waals surface area contributed by atoms with Crippen LogP contribution in [0.25, 0.3) is 0 Å². The molecule has 426 valence electrons. The Bertz CT molecular complexity index is 1100. The fourth-order valence-electron chi connectivity index (χ4n) is 10.6. The lowest BCUT2D eigenvalue weighted by atomic mass is 10.0. The number of hydrogen-bond acceptors (Lipinski definition) is 3. The number of aliphatic hydroxyl groups excluding tert-OH is 2. The van der Waals surface area contributed by atoms with Crippen molar-refractivity contribution in [2.45, 2.75) is 386 Å². The van der Waals surface area contributed by atoms with E-state index in [1.807, 2.05) is 0 Å². The first-order valence-electron chi connectivity index (χ1n) is 33.2. The van der Waals surface area contributed by atoms with Gasteiger partial charge in [-0.3, -0.25) is 4.79 Å². The summed E-state index contributed by atoms with van der Waals surface area (Å²) < 4.78 is 0. The molecular formula is C68H131NO3. The third-order valence-corrected chi connectivity index (χ3v) is 15.7. The number of allylic oxidation sites excluding steroid dienone is 6. The Kier molecular flexibility index (Phi) is 62.7. The summed E-state index contributed by atoms with van der Waals surface area (Å²) in [6, 6.07) is -0.535. The average molecular weight is 1010 g/mol. The van der Waals surface area contributed by atoms with Gasteiger partial charge in [-0.25, -0.2) is 0 Å². The summed E-state index contributed by atoms with van der Waals surface area (Å²) in [6.07, 6.45) is 87.6. The third-order valence-electron chi connectivity index (χ3n) is 15.7. The number of aliphatic hydroxyl groups is 2. The summed E-state index contributed by atoms with van der Waals surface area (Å²) >= 11 is 0. The maximum atomic E-state index is 12.5. The Morgan fingerprint density at radius 1 is 0.333 bits per heavy atom. The van der Waals surface area contributed by atoms with Gasteiger partial charge in [0.05, 0.1) is 18.8 Å². The zero-order chi connectivity index (χ0) is 52.0. The molecular weight excluding hydrogens is 879 g/mol. The molecule has 1 amide bonds. The van der Waals surface area contributed by atoms with Crippen molar-refractivity contribution >= 4 is 5.91 Å². The Labute approximate surface area is 452 Å². The van der Waals surface area contributed by atoms with Crippen LogP contribution < -0.4 is 5.32 Å². The molecule has 0 aliphatic rings. The molecule has 4 heteroatoms. The number of hydrogen-bond donors (Lipinski definition) is 3. The minimum Gasteiger partial charge on any atom is -0.394 e. The fourth-order valence-corrected chi connectivity index (χ4v) is 10.6. The van der Waals surface area contributed by atoms with Gasteiger partial charge in [0.1, 0.15) is 0 Å². The molecule has 2 atom stereocenters. The summed E-state index contributed by atoms with van der Waals surface area (Å²) in [5, 5.41) is 23.4. The highest BCUT2D eigenvalue weighted by Gasteiger charge is 2.20. The predicted molar refractivity (Wildman–Crippen MR) is 322 cm³/mol. The summed E-state index contributed by atoms with van der Waals surface area (Å²) in [7, 11) is 0. The maximum absolute atomic E-state index is 12.5. The maximum Gasteiger partial charge on any atom is 0.220 e. The first kappa shape index (κ1) is 70.6. The van der Waals surface area contributed by atoms with Crippen LogP contribution >= 0.6 is 0 Å². The summed E-state index contributed by atoms with van der Waals surface area (Å²) in [5.74, 6) is -0.0230. The lowest BCUT2D eigenvalue weighted by molar-refractivity contribution is -0.123. The van der Waals surface area contributed by atoms with E-state index in [1.54, 1.807) is 0 Å². The van der Waals surface area contributed by atoms with Gasteiger partial charge >= 0.3 is 0 Å². The Morgan fingerprint density at radius 2 is 0.569 bits per heavy atom. The van der Waals surface area contributed by atoms with Crippen molar-refractivity contribution in [3.05, 3.63) is 36.5 Å². The topological polar surface area (TPSA) is 69.6 Å².